The smallest absolute Gasteiger partial charge is 0.164 e. The lowest BCUT2D eigenvalue weighted by molar-refractivity contribution is 0.350. The van der Waals surface area contributed by atoms with Gasteiger partial charge in [0.2, 0.25) is 0 Å². The Morgan fingerprint density at radius 2 is 2.05 bits per heavy atom. The van der Waals surface area contributed by atoms with Crippen LogP contribution in [0.1, 0.15) is 49.7 Å². The summed E-state index contributed by atoms with van der Waals surface area (Å²) in [4.78, 5) is 4.25. The zero-order chi connectivity index (χ0) is 13.9. The number of aromatic nitrogens is 4. The predicted octanol–water partition coefficient (Wildman–Crippen LogP) is 2.61. The van der Waals surface area contributed by atoms with E-state index in [4.69, 9.17) is 5.73 Å². The molecule has 1 saturated carbocycles. The van der Waals surface area contributed by atoms with E-state index in [2.05, 4.69) is 19.7 Å². The average Bonchev–Trinajstić information content (AvgIpc) is 2.90. The summed E-state index contributed by atoms with van der Waals surface area (Å²) in [5, 5.41) is 8.67. The number of hydrogen-bond donors (Lipinski definition) is 1. The molecule has 20 heavy (non-hydrogen) atoms. The van der Waals surface area contributed by atoms with Crippen molar-refractivity contribution in [2.75, 3.05) is 0 Å². The second-order valence-corrected chi connectivity index (χ2v) is 5.47. The number of nitrogens with zero attached hydrogens (tertiary/aromatic N) is 4. The fraction of sp³-hybridized carbons (Fsp3) is 0.533. The van der Waals surface area contributed by atoms with Gasteiger partial charge in [0.15, 0.2) is 5.82 Å². The maximum absolute atomic E-state index is 5.68. The number of pyridine rings is 1. The van der Waals surface area contributed by atoms with Crippen molar-refractivity contribution in [3.8, 4) is 11.4 Å². The fourth-order valence-electron chi connectivity index (χ4n) is 3.07. The van der Waals surface area contributed by atoms with Crippen LogP contribution in [-0.2, 0) is 6.54 Å². The number of rotatable bonds is 3. The monoisotopic (exact) mass is 271 g/mol. The van der Waals surface area contributed by atoms with E-state index in [-0.39, 0.29) is 0 Å². The zero-order valence-electron chi connectivity index (χ0n) is 11.9. The number of aryl methyl sites for hydroxylation is 1. The summed E-state index contributed by atoms with van der Waals surface area (Å²) in [6.45, 7) is 2.49. The van der Waals surface area contributed by atoms with Gasteiger partial charge in [-0.3, -0.25) is 4.98 Å². The summed E-state index contributed by atoms with van der Waals surface area (Å²) in [6.07, 6.45) is 8.19. The van der Waals surface area contributed by atoms with Gasteiger partial charge in [-0.15, -0.1) is 10.2 Å². The van der Waals surface area contributed by atoms with Gasteiger partial charge >= 0.3 is 0 Å². The largest absolute Gasteiger partial charge is 0.325 e. The molecule has 1 aliphatic rings. The topological polar surface area (TPSA) is 69.6 Å². The van der Waals surface area contributed by atoms with Crippen LogP contribution in [0.25, 0.3) is 11.4 Å². The van der Waals surface area contributed by atoms with Gasteiger partial charge < -0.3 is 10.3 Å². The van der Waals surface area contributed by atoms with Gasteiger partial charge in [0.05, 0.1) is 5.69 Å². The van der Waals surface area contributed by atoms with E-state index in [1.807, 2.05) is 19.1 Å². The Bertz CT molecular complexity index is 584. The van der Waals surface area contributed by atoms with Crippen LogP contribution in [0, 0.1) is 6.92 Å². The highest BCUT2D eigenvalue weighted by atomic mass is 15.3. The van der Waals surface area contributed by atoms with Crippen LogP contribution in [0.2, 0.25) is 0 Å². The van der Waals surface area contributed by atoms with Crippen LogP contribution in [0.15, 0.2) is 18.3 Å². The van der Waals surface area contributed by atoms with E-state index in [0.717, 1.165) is 22.9 Å². The Kier molecular flexibility index (Phi) is 3.78. The van der Waals surface area contributed by atoms with E-state index < -0.39 is 0 Å². The lowest BCUT2D eigenvalue weighted by atomic mass is 9.95. The molecule has 0 aromatic carbocycles. The van der Waals surface area contributed by atoms with Crippen molar-refractivity contribution in [3.05, 3.63) is 29.8 Å². The second-order valence-electron chi connectivity index (χ2n) is 5.47. The standard InChI is InChI=1S/C15H21N5/c1-11-18-19-15(12-7-8-17-13(9-12)10-16)20(11)14-5-3-2-4-6-14/h7-9,14H,2-6,10,16H2,1H3. The van der Waals surface area contributed by atoms with Crippen molar-refractivity contribution in [1.82, 2.24) is 19.7 Å². The van der Waals surface area contributed by atoms with Gasteiger partial charge in [-0.1, -0.05) is 19.3 Å². The first-order chi connectivity index (χ1) is 9.79. The first-order valence-electron chi connectivity index (χ1n) is 7.36. The molecular weight excluding hydrogens is 250 g/mol. The minimum absolute atomic E-state index is 0.449. The van der Waals surface area contributed by atoms with E-state index in [9.17, 15) is 0 Å². The van der Waals surface area contributed by atoms with Crippen molar-refractivity contribution in [2.24, 2.45) is 5.73 Å². The van der Waals surface area contributed by atoms with Crippen molar-refractivity contribution in [1.29, 1.82) is 0 Å². The van der Waals surface area contributed by atoms with E-state index in [1.54, 1.807) is 6.20 Å². The minimum Gasteiger partial charge on any atom is -0.325 e. The Hall–Kier alpha value is -1.75. The van der Waals surface area contributed by atoms with Crippen molar-refractivity contribution < 1.29 is 0 Å². The van der Waals surface area contributed by atoms with Crippen molar-refractivity contribution in [3.63, 3.8) is 0 Å². The molecule has 1 aliphatic carbocycles. The molecule has 5 heteroatoms. The Morgan fingerprint density at radius 1 is 1.25 bits per heavy atom. The summed E-state index contributed by atoms with van der Waals surface area (Å²) >= 11 is 0. The number of hydrogen-bond acceptors (Lipinski definition) is 4. The molecular formula is C15H21N5. The first-order valence-corrected chi connectivity index (χ1v) is 7.36. The van der Waals surface area contributed by atoms with E-state index >= 15 is 0 Å². The van der Waals surface area contributed by atoms with Crippen LogP contribution in [0.3, 0.4) is 0 Å². The van der Waals surface area contributed by atoms with Crippen LogP contribution in [0.5, 0.6) is 0 Å². The molecule has 0 aliphatic heterocycles. The predicted molar refractivity (Wildman–Crippen MR) is 78.0 cm³/mol. The van der Waals surface area contributed by atoms with E-state index in [1.165, 1.54) is 32.1 Å². The van der Waals surface area contributed by atoms with Gasteiger partial charge in [0.1, 0.15) is 5.82 Å². The van der Waals surface area contributed by atoms with Crippen molar-refractivity contribution >= 4 is 0 Å². The molecule has 1 fully saturated rings. The van der Waals surface area contributed by atoms with Crippen LogP contribution < -0.4 is 5.73 Å². The third-order valence-corrected chi connectivity index (χ3v) is 4.09. The molecule has 0 atom stereocenters. The maximum Gasteiger partial charge on any atom is 0.164 e. The molecule has 0 unspecified atom stereocenters. The molecule has 2 N–H and O–H groups in total. The first kappa shape index (κ1) is 13.2. The molecule has 2 aromatic heterocycles. The second kappa shape index (κ2) is 5.71. The van der Waals surface area contributed by atoms with Gasteiger partial charge in [-0.05, 0) is 31.9 Å². The number of nitrogens with two attached hydrogens (primary N) is 1. The van der Waals surface area contributed by atoms with Crippen LogP contribution in [0.4, 0.5) is 0 Å². The molecule has 2 aromatic rings. The molecule has 0 amide bonds. The third kappa shape index (κ3) is 2.45. The highest BCUT2D eigenvalue weighted by molar-refractivity contribution is 5.55. The van der Waals surface area contributed by atoms with Gasteiger partial charge in [0, 0.05) is 24.3 Å². The molecule has 0 radical (unpaired) electrons. The lowest BCUT2D eigenvalue weighted by Crippen LogP contribution is -2.15. The summed E-state index contributed by atoms with van der Waals surface area (Å²) in [5.74, 6) is 1.95. The highest BCUT2D eigenvalue weighted by Gasteiger charge is 2.21. The SMILES string of the molecule is Cc1nnc(-c2ccnc(CN)c2)n1C1CCCCC1. The zero-order valence-corrected chi connectivity index (χ0v) is 11.9. The van der Waals surface area contributed by atoms with Gasteiger partial charge in [0.25, 0.3) is 0 Å². The molecule has 2 heterocycles. The van der Waals surface area contributed by atoms with Gasteiger partial charge in [-0.2, -0.15) is 0 Å². The molecule has 0 spiro atoms. The molecule has 0 saturated heterocycles. The average molecular weight is 271 g/mol. The molecule has 0 bridgehead atoms. The third-order valence-electron chi connectivity index (χ3n) is 4.09. The Labute approximate surface area is 119 Å². The van der Waals surface area contributed by atoms with Crippen molar-refractivity contribution in [2.45, 2.75) is 51.6 Å². The summed E-state index contributed by atoms with van der Waals surface area (Å²) in [7, 11) is 0. The molecule has 106 valence electrons. The molecule has 5 nitrogen and oxygen atoms in total. The minimum atomic E-state index is 0.449. The van der Waals surface area contributed by atoms with Crippen LogP contribution in [-0.4, -0.2) is 19.7 Å². The quantitative estimate of drug-likeness (QED) is 0.931. The highest BCUT2D eigenvalue weighted by Crippen LogP contribution is 2.32. The maximum atomic E-state index is 5.68. The summed E-state index contributed by atoms with van der Waals surface area (Å²) < 4.78 is 2.30. The lowest BCUT2D eigenvalue weighted by Gasteiger charge is -2.25. The van der Waals surface area contributed by atoms with E-state index in [0.29, 0.717) is 12.6 Å². The van der Waals surface area contributed by atoms with Gasteiger partial charge in [-0.25, -0.2) is 0 Å². The summed E-state index contributed by atoms with van der Waals surface area (Å²) in [6, 6.07) is 4.54. The Morgan fingerprint density at radius 3 is 2.80 bits per heavy atom. The molecule has 3 rings (SSSR count). The Balaban J connectivity index is 2.00. The fourth-order valence-corrected chi connectivity index (χ4v) is 3.07. The summed E-state index contributed by atoms with van der Waals surface area (Å²) in [5.41, 5.74) is 7.63. The van der Waals surface area contributed by atoms with Crippen LogP contribution >= 0.6 is 0 Å². The normalized spacial score (nSPS) is 16.5.